The smallest absolute Gasteiger partial charge is 0.240 e. The standard InChI is InChI=1S/C21H16N4O2S/c22-28(26,27)21-12-11-19(13-15-23-17-7-3-1-4-8-17)25-20(21)14-16-24-18-9-5-2-6-10-18/h1-12,23-24H,(H2,22,26,27). The molecule has 3 rings (SSSR count). The van der Waals surface area contributed by atoms with Crippen molar-refractivity contribution in [1.29, 1.82) is 0 Å². The summed E-state index contributed by atoms with van der Waals surface area (Å²) < 4.78 is 23.6. The fraction of sp³-hybridized carbons (Fsp3) is 0. The van der Waals surface area contributed by atoms with Gasteiger partial charge in [-0.3, -0.25) is 0 Å². The topological polar surface area (TPSA) is 97.1 Å². The molecule has 0 amide bonds. The molecule has 0 aliphatic heterocycles. The molecule has 0 atom stereocenters. The second-order valence-electron chi connectivity index (χ2n) is 5.57. The van der Waals surface area contributed by atoms with Crippen LogP contribution < -0.4 is 15.8 Å². The molecule has 0 saturated carbocycles. The van der Waals surface area contributed by atoms with Crippen LogP contribution in [0.1, 0.15) is 11.4 Å². The fourth-order valence-corrected chi connectivity index (χ4v) is 2.83. The van der Waals surface area contributed by atoms with Gasteiger partial charge in [-0.15, -0.1) is 0 Å². The van der Waals surface area contributed by atoms with E-state index in [2.05, 4.69) is 39.5 Å². The van der Waals surface area contributed by atoms with Gasteiger partial charge in [0.1, 0.15) is 16.3 Å². The summed E-state index contributed by atoms with van der Waals surface area (Å²) in [6, 6.07) is 27.0. The largest absolute Gasteiger partial charge is 0.315 e. The molecular formula is C21H16N4O2S. The third kappa shape index (κ3) is 5.36. The van der Waals surface area contributed by atoms with Gasteiger partial charge < -0.3 is 10.6 Å². The molecule has 138 valence electrons. The average Bonchev–Trinajstić information content (AvgIpc) is 2.69. The summed E-state index contributed by atoms with van der Waals surface area (Å²) in [5.41, 5.74) is 2.00. The van der Waals surface area contributed by atoms with E-state index in [-0.39, 0.29) is 10.6 Å². The van der Waals surface area contributed by atoms with Crippen molar-refractivity contribution >= 4 is 21.4 Å². The van der Waals surface area contributed by atoms with Gasteiger partial charge in [0.2, 0.25) is 10.0 Å². The van der Waals surface area contributed by atoms with E-state index in [9.17, 15) is 8.42 Å². The molecule has 6 nitrogen and oxygen atoms in total. The van der Waals surface area contributed by atoms with E-state index in [0.717, 1.165) is 11.4 Å². The molecular weight excluding hydrogens is 372 g/mol. The predicted molar refractivity (Wildman–Crippen MR) is 109 cm³/mol. The van der Waals surface area contributed by atoms with Crippen molar-refractivity contribution in [2.75, 3.05) is 10.6 Å². The minimum absolute atomic E-state index is 0.0254. The van der Waals surface area contributed by atoms with E-state index in [0.29, 0.717) is 5.69 Å². The zero-order valence-corrected chi connectivity index (χ0v) is 15.5. The van der Waals surface area contributed by atoms with Crippen LogP contribution in [-0.2, 0) is 10.0 Å². The number of nitrogens with one attached hydrogen (secondary N) is 2. The molecule has 28 heavy (non-hydrogen) atoms. The lowest BCUT2D eigenvalue weighted by Gasteiger charge is -2.02. The Morgan fingerprint density at radius 2 is 1.29 bits per heavy atom. The first kappa shape index (κ1) is 19.0. The first-order valence-electron chi connectivity index (χ1n) is 8.20. The van der Waals surface area contributed by atoms with Crippen LogP contribution in [0, 0.1) is 23.9 Å². The summed E-state index contributed by atoms with van der Waals surface area (Å²) in [6.45, 7) is 0. The van der Waals surface area contributed by atoms with Crippen LogP contribution in [0.2, 0.25) is 0 Å². The summed E-state index contributed by atoms with van der Waals surface area (Å²) in [7, 11) is -3.97. The molecule has 0 aliphatic rings. The van der Waals surface area contributed by atoms with Gasteiger partial charge in [-0.2, -0.15) is 0 Å². The van der Waals surface area contributed by atoms with E-state index < -0.39 is 10.0 Å². The Hall–Kier alpha value is -3.78. The highest BCUT2D eigenvalue weighted by atomic mass is 32.2. The Morgan fingerprint density at radius 1 is 0.750 bits per heavy atom. The lowest BCUT2D eigenvalue weighted by molar-refractivity contribution is 0.597. The average molecular weight is 388 g/mol. The Kier molecular flexibility index (Phi) is 5.93. The van der Waals surface area contributed by atoms with Gasteiger partial charge >= 0.3 is 0 Å². The summed E-state index contributed by atoms with van der Waals surface area (Å²) in [5, 5.41) is 11.1. The van der Waals surface area contributed by atoms with Gasteiger partial charge in [0.25, 0.3) is 0 Å². The van der Waals surface area contributed by atoms with E-state index in [1.54, 1.807) is 0 Å². The number of rotatable bonds is 3. The Balaban J connectivity index is 1.86. The zero-order chi connectivity index (χ0) is 19.8. The van der Waals surface area contributed by atoms with Gasteiger partial charge in [-0.05, 0) is 48.2 Å². The molecule has 0 fully saturated rings. The summed E-state index contributed by atoms with van der Waals surface area (Å²) in [5.74, 6) is 5.52. The monoisotopic (exact) mass is 388 g/mol. The Morgan fingerprint density at radius 3 is 1.82 bits per heavy atom. The molecule has 4 N–H and O–H groups in total. The highest BCUT2D eigenvalue weighted by molar-refractivity contribution is 7.89. The Bertz CT molecular complexity index is 1190. The summed E-state index contributed by atoms with van der Waals surface area (Å²) in [4.78, 5) is 4.06. The van der Waals surface area contributed by atoms with Gasteiger partial charge in [0, 0.05) is 23.5 Å². The first-order valence-corrected chi connectivity index (χ1v) is 9.75. The number of benzene rings is 2. The second-order valence-corrected chi connectivity index (χ2v) is 7.10. The molecule has 1 aromatic heterocycles. The first-order chi connectivity index (χ1) is 13.5. The molecule has 2 aromatic carbocycles. The molecule has 3 aromatic rings. The van der Waals surface area contributed by atoms with Crippen LogP contribution in [0.5, 0.6) is 0 Å². The highest BCUT2D eigenvalue weighted by Gasteiger charge is 2.14. The lowest BCUT2D eigenvalue weighted by Crippen LogP contribution is -2.15. The number of anilines is 2. The number of aromatic nitrogens is 1. The van der Waals surface area contributed by atoms with Crippen molar-refractivity contribution in [2.24, 2.45) is 5.14 Å². The SMILES string of the molecule is NS(=O)(=O)c1ccc(C#CNc2ccccc2)nc1C#CNc1ccccc1. The molecule has 0 bridgehead atoms. The maximum absolute atomic E-state index is 11.8. The quantitative estimate of drug-likeness (QED) is 0.473. The van der Waals surface area contributed by atoms with Crippen molar-refractivity contribution in [3.05, 3.63) is 84.2 Å². The van der Waals surface area contributed by atoms with Gasteiger partial charge in [-0.1, -0.05) is 36.4 Å². The van der Waals surface area contributed by atoms with E-state index in [1.807, 2.05) is 60.7 Å². The van der Waals surface area contributed by atoms with Crippen LogP contribution in [0.3, 0.4) is 0 Å². The van der Waals surface area contributed by atoms with Crippen molar-refractivity contribution in [3.8, 4) is 23.9 Å². The van der Waals surface area contributed by atoms with Crippen LogP contribution in [-0.4, -0.2) is 13.4 Å². The highest BCUT2D eigenvalue weighted by Crippen LogP contribution is 2.12. The van der Waals surface area contributed by atoms with Gasteiger partial charge in [0.05, 0.1) is 0 Å². The molecule has 0 spiro atoms. The number of hydrogen-bond acceptors (Lipinski definition) is 5. The van der Waals surface area contributed by atoms with Crippen molar-refractivity contribution in [1.82, 2.24) is 4.98 Å². The maximum Gasteiger partial charge on any atom is 0.240 e. The van der Waals surface area contributed by atoms with E-state index in [1.165, 1.54) is 12.1 Å². The Labute approximate surface area is 163 Å². The minimum atomic E-state index is -3.97. The normalized spacial score (nSPS) is 10.0. The molecule has 0 aliphatic carbocycles. The van der Waals surface area contributed by atoms with E-state index >= 15 is 0 Å². The maximum atomic E-state index is 11.8. The van der Waals surface area contributed by atoms with Crippen LogP contribution in [0.15, 0.2) is 77.7 Å². The number of sulfonamides is 1. The third-order valence-corrected chi connectivity index (χ3v) is 4.44. The van der Waals surface area contributed by atoms with Crippen LogP contribution >= 0.6 is 0 Å². The third-order valence-electron chi connectivity index (χ3n) is 3.50. The van der Waals surface area contributed by atoms with Crippen molar-refractivity contribution < 1.29 is 8.42 Å². The summed E-state index contributed by atoms with van der Waals surface area (Å²) in [6.07, 6.45) is 0. The number of pyridine rings is 1. The predicted octanol–water partition coefficient (Wildman–Crippen LogP) is 2.57. The molecule has 7 heteroatoms. The molecule has 1 heterocycles. The van der Waals surface area contributed by atoms with Crippen LogP contribution in [0.4, 0.5) is 11.4 Å². The number of nitrogens with two attached hydrogens (primary N) is 1. The number of nitrogens with zero attached hydrogens (tertiary/aromatic N) is 1. The fourth-order valence-electron chi connectivity index (χ4n) is 2.21. The van der Waals surface area contributed by atoms with E-state index in [4.69, 9.17) is 5.14 Å². The van der Waals surface area contributed by atoms with Gasteiger partial charge in [-0.25, -0.2) is 18.5 Å². The van der Waals surface area contributed by atoms with Crippen molar-refractivity contribution in [2.45, 2.75) is 4.90 Å². The second kappa shape index (κ2) is 8.74. The number of hydrogen-bond donors (Lipinski definition) is 3. The van der Waals surface area contributed by atoms with Crippen LogP contribution in [0.25, 0.3) is 0 Å². The van der Waals surface area contributed by atoms with Gasteiger partial charge in [0.15, 0.2) is 0 Å². The number of primary sulfonamides is 1. The van der Waals surface area contributed by atoms with Crippen molar-refractivity contribution in [3.63, 3.8) is 0 Å². The summed E-state index contributed by atoms with van der Waals surface area (Å²) >= 11 is 0. The molecule has 0 saturated heterocycles. The molecule has 0 radical (unpaired) electrons. The molecule has 0 unspecified atom stereocenters. The number of para-hydroxylation sites is 2. The minimum Gasteiger partial charge on any atom is -0.315 e. The zero-order valence-electron chi connectivity index (χ0n) is 14.7. The lowest BCUT2D eigenvalue weighted by atomic mass is 10.3.